The lowest BCUT2D eigenvalue weighted by atomic mass is 9.95. The van der Waals surface area contributed by atoms with E-state index in [-0.39, 0.29) is 16.8 Å². The van der Waals surface area contributed by atoms with Crippen LogP contribution in [-0.4, -0.2) is 51.0 Å². The molecule has 0 saturated carbocycles. The van der Waals surface area contributed by atoms with E-state index in [0.717, 1.165) is 36.8 Å². The first-order valence-corrected chi connectivity index (χ1v) is 9.93. The van der Waals surface area contributed by atoms with Crippen molar-refractivity contribution >= 4 is 34.4 Å². The monoisotopic (exact) mass is 419 g/mol. The summed E-state index contributed by atoms with van der Waals surface area (Å²) in [7, 11) is 0. The first kappa shape index (κ1) is 20.5. The molecule has 3 aromatic rings. The van der Waals surface area contributed by atoms with Crippen LogP contribution in [0.1, 0.15) is 49.3 Å². The maximum atomic E-state index is 13.4. The molecule has 158 valence electrons. The molecule has 0 spiro atoms. The van der Waals surface area contributed by atoms with Gasteiger partial charge in [-0.1, -0.05) is 25.1 Å². The van der Waals surface area contributed by atoms with Gasteiger partial charge in [0, 0.05) is 41.8 Å². The summed E-state index contributed by atoms with van der Waals surface area (Å²) >= 11 is 0. The Kier molecular flexibility index (Phi) is 5.39. The van der Waals surface area contributed by atoms with Gasteiger partial charge in [-0.05, 0) is 30.8 Å². The molecular formula is C23H21N3O5. The van der Waals surface area contributed by atoms with Crippen molar-refractivity contribution in [3.63, 3.8) is 0 Å². The number of carboxylic acids is 2. The van der Waals surface area contributed by atoms with Gasteiger partial charge >= 0.3 is 11.9 Å². The third-order valence-corrected chi connectivity index (χ3v) is 5.48. The van der Waals surface area contributed by atoms with E-state index in [2.05, 4.69) is 17.1 Å². The zero-order chi connectivity index (χ0) is 22.1. The number of rotatable bonds is 5. The highest BCUT2D eigenvalue weighted by molar-refractivity contribution is 6.14. The van der Waals surface area contributed by atoms with Crippen LogP contribution >= 0.6 is 0 Å². The quantitative estimate of drug-likeness (QED) is 0.581. The van der Waals surface area contributed by atoms with Gasteiger partial charge in [0.1, 0.15) is 0 Å². The van der Waals surface area contributed by atoms with E-state index in [0.29, 0.717) is 23.0 Å². The maximum Gasteiger partial charge on any atom is 0.335 e. The molecule has 0 fully saturated rings. The highest BCUT2D eigenvalue weighted by Gasteiger charge is 2.25. The van der Waals surface area contributed by atoms with Crippen molar-refractivity contribution in [2.75, 3.05) is 18.4 Å². The minimum absolute atomic E-state index is 0.111. The van der Waals surface area contributed by atoms with Crippen LogP contribution in [0.25, 0.3) is 10.9 Å². The summed E-state index contributed by atoms with van der Waals surface area (Å²) in [6.07, 6.45) is 0.728. The molecule has 1 aliphatic heterocycles. The summed E-state index contributed by atoms with van der Waals surface area (Å²) < 4.78 is 0. The fourth-order valence-corrected chi connectivity index (χ4v) is 3.92. The second-order valence-electron chi connectivity index (χ2n) is 7.41. The number of hydrogen-bond donors (Lipinski definition) is 3. The molecule has 0 atom stereocenters. The normalized spacial score (nSPS) is 13.6. The zero-order valence-electron chi connectivity index (χ0n) is 16.9. The Morgan fingerprint density at radius 1 is 1.06 bits per heavy atom. The zero-order valence-corrected chi connectivity index (χ0v) is 16.9. The summed E-state index contributed by atoms with van der Waals surface area (Å²) in [5, 5.41) is 22.0. The smallest absolute Gasteiger partial charge is 0.335 e. The highest BCUT2D eigenvalue weighted by atomic mass is 16.4. The molecule has 1 aliphatic rings. The lowest BCUT2D eigenvalue weighted by molar-refractivity contribution is 0.0696. The minimum atomic E-state index is -1.27. The number of amides is 1. The predicted octanol–water partition coefficient (Wildman–Crippen LogP) is 3.26. The summed E-state index contributed by atoms with van der Waals surface area (Å²) in [5.74, 6) is -2.97. The Balaban J connectivity index is 1.81. The Hall–Kier alpha value is -3.78. The number of carboxylic acid groups (broad SMARTS) is 2. The lowest BCUT2D eigenvalue weighted by Crippen LogP contribution is -2.33. The second-order valence-corrected chi connectivity index (χ2v) is 7.41. The summed E-state index contributed by atoms with van der Waals surface area (Å²) in [4.78, 5) is 43.2. The van der Waals surface area contributed by atoms with E-state index < -0.39 is 17.8 Å². The number of hydrogen-bond acceptors (Lipinski definition) is 5. The number of nitrogens with zero attached hydrogens (tertiary/aromatic N) is 2. The van der Waals surface area contributed by atoms with Crippen LogP contribution in [0, 0.1) is 0 Å². The first-order valence-electron chi connectivity index (χ1n) is 9.93. The molecule has 2 aromatic carbocycles. The largest absolute Gasteiger partial charge is 0.478 e. The van der Waals surface area contributed by atoms with Crippen molar-refractivity contribution < 1.29 is 24.6 Å². The number of aromatic nitrogens is 1. The van der Waals surface area contributed by atoms with Crippen molar-refractivity contribution in [3.05, 3.63) is 70.4 Å². The third kappa shape index (κ3) is 3.97. The minimum Gasteiger partial charge on any atom is -0.478 e. The topological polar surface area (TPSA) is 120 Å². The van der Waals surface area contributed by atoms with E-state index in [1.54, 1.807) is 0 Å². The standard InChI is InChI=1S/C23H21N3O5/c1-2-26-8-7-19-17(12-26)20(16-5-3-4-6-18(16)25-19)21(27)24-15-10-13(22(28)29)9-14(11-15)23(30)31/h3-6,9-11H,2,7-8,12H2,1H3,(H,24,27)(H,28,29)(H,30,31). The molecule has 4 rings (SSSR count). The molecular weight excluding hydrogens is 398 g/mol. The van der Waals surface area contributed by atoms with Crippen molar-refractivity contribution in [2.24, 2.45) is 0 Å². The van der Waals surface area contributed by atoms with E-state index in [1.165, 1.54) is 12.1 Å². The van der Waals surface area contributed by atoms with E-state index in [1.807, 2.05) is 24.3 Å². The fourth-order valence-electron chi connectivity index (χ4n) is 3.92. The lowest BCUT2D eigenvalue weighted by Gasteiger charge is -2.29. The molecule has 3 N–H and O–H groups in total. The van der Waals surface area contributed by atoms with Crippen LogP contribution in [0.3, 0.4) is 0 Å². The third-order valence-electron chi connectivity index (χ3n) is 5.48. The van der Waals surface area contributed by atoms with Crippen LogP contribution in [0.5, 0.6) is 0 Å². The van der Waals surface area contributed by atoms with Gasteiger partial charge < -0.3 is 15.5 Å². The first-order chi connectivity index (χ1) is 14.9. The molecule has 2 heterocycles. The Bertz CT molecular complexity index is 1190. The van der Waals surface area contributed by atoms with Gasteiger partial charge in [0.15, 0.2) is 0 Å². The molecule has 1 amide bonds. The van der Waals surface area contributed by atoms with Gasteiger partial charge in [-0.2, -0.15) is 0 Å². The summed E-state index contributed by atoms with van der Waals surface area (Å²) in [6.45, 7) is 4.35. The van der Waals surface area contributed by atoms with Crippen molar-refractivity contribution in [3.8, 4) is 0 Å². The number of aromatic carboxylic acids is 2. The number of likely N-dealkylation sites (N-methyl/N-ethyl adjacent to an activating group) is 1. The Morgan fingerprint density at radius 3 is 2.39 bits per heavy atom. The fraction of sp³-hybridized carbons (Fsp3) is 0.217. The molecule has 8 nitrogen and oxygen atoms in total. The molecule has 0 unspecified atom stereocenters. The number of fused-ring (bicyclic) bond motifs is 2. The summed E-state index contributed by atoms with van der Waals surface area (Å²) in [5.41, 5.74) is 2.59. The molecule has 0 bridgehead atoms. The Morgan fingerprint density at radius 2 is 1.74 bits per heavy atom. The number of nitrogens with one attached hydrogen (secondary N) is 1. The average Bonchev–Trinajstić information content (AvgIpc) is 2.76. The van der Waals surface area contributed by atoms with E-state index in [9.17, 15) is 24.6 Å². The van der Waals surface area contributed by atoms with Gasteiger partial charge in [0.2, 0.25) is 0 Å². The second kappa shape index (κ2) is 8.16. The Labute approximate surface area is 178 Å². The van der Waals surface area contributed by atoms with Gasteiger partial charge in [-0.15, -0.1) is 0 Å². The molecule has 31 heavy (non-hydrogen) atoms. The van der Waals surface area contributed by atoms with Crippen LogP contribution in [0.15, 0.2) is 42.5 Å². The van der Waals surface area contributed by atoms with E-state index >= 15 is 0 Å². The molecule has 0 radical (unpaired) electrons. The van der Waals surface area contributed by atoms with Crippen LogP contribution in [-0.2, 0) is 13.0 Å². The molecule has 0 saturated heterocycles. The van der Waals surface area contributed by atoms with Gasteiger partial charge in [-0.3, -0.25) is 14.7 Å². The number of benzene rings is 2. The number of pyridine rings is 1. The number of carbonyl (C=O) groups is 3. The van der Waals surface area contributed by atoms with Gasteiger partial charge in [0.25, 0.3) is 5.91 Å². The predicted molar refractivity (Wildman–Crippen MR) is 115 cm³/mol. The highest BCUT2D eigenvalue weighted by Crippen LogP contribution is 2.29. The van der Waals surface area contributed by atoms with Crippen molar-refractivity contribution in [1.82, 2.24) is 9.88 Å². The van der Waals surface area contributed by atoms with Crippen LogP contribution < -0.4 is 5.32 Å². The summed E-state index contributed by atoms with van der Waals surface area (Å²) in [6, 6.07) is 10.9. The molecule has 1 aromatic heterocycles. The number of anilines is 1. The molecule has 0 aliphatic carbocycles. The van der Waals surface area contributed by atoms with Crippen LogP contribution in [0.2, 0.25) is 0 Å². The molecule has 8 heteroatoms. The van der Waals surface area contributed by atoms with Crippen LogP contribution in [0.4, 0.5) is 5.69 Å². The van der Waals surface area contributed by atoms with Crippen molar-refractivity contribution in [1.29, 1.82) is 0 Å². The SMILES string of the molecule is CCN1CCc2nc3ccccc3c(C(=O)Nc3cc(C(=O)O)cc(C(=O)O)c3)c2C1. The number of para-hydroxylation sites is 1. The number of carbonyl (C=O) groups excluding carboxylic acids is 1. The van der Waals surface area contributed by atoms with E-state index in [4.69, 9.17) is 4.98 Å². The van der Waals surface area contributed by atoms with Crippen molar-refractivity contribution in [2.45, 2.75) is 19.9 Å². The van der Waals surface area contributed by atoms with Gasteiger partial charge in [-0.25, -0.2) is 9.59 Å². The average molecular weight is 419 g/mol. The maximum absolute atomic E-state index is 13.4. The van der Waals surface area contributed by atoms with Gasteiger partial charge in [0.05, 0.1) is 22.2 Å².